The van der Waals surface area contributed by atoms with Crippen LogP contribution in [0.1, 0.15) is 19.4 Å². The van der Waals surface area contributed by atoms with Gasteiger partial charge < -0.3 is 5.73 Å². The number of rotatable bonds is 5. The summed E-state index contributed by atoms with van der Waals surface area (Å²) in [5.41, 5.74) is 7.11. The molecule has 0 aromatic heterocycles. The van der Waals surface area contributed by atoms with Gasteiger partial charge in [-0.2, -0.15) is 12.7 Å². The Morgan fingerprint density at radius 2 is 1.67 bits per heavy atom. The second-order valence-electron chi connectivity index (χ2n) is 4.46. The maximum atomic E-state index is 12.3. The largest absolute Gasteiger partial charge is 0.326 e. The van der Waals surface area contributed by atoms with E-state index in [1.807, 2.05) is 26.0 Å². The first-order chi connectivity index (χ1) is 8.30. The minimum Gasteiger partial charge on any atom is -0.326 e. The fourth-order valence-electron chi connectivity index (χ4n) is 1.43. The summed E-state index contributed by atoms with van der Waals surface area (Å²) in [6.45, 7) is 4.12. The molecule has 5 nitrogen and oxygen atoms in total. The summed E-state index contributed by atoms with van der Waals surface area (Å²) >= 11 is 0. The second kappa shape index (κ2) is 5.69. The molecular formula is C12H21N3O2S. The van der Waals surface area contributed by atoms with Gasteiger partial charge in [0.25, 0.3) is 0 Å². The normalized spacial score (nSPS) is 12.2. The van der Waals surface area contributed by atoms with E-state index in [1.54, 1.807) is 26.2 Å². The lowest BCUT2D eigenvalue weighted by Crippen LogP contribution is -2.43. The van der Waals surface area contributed by atoms with Crippen molar-refractivity contribution in [1.82, 2.24) is 4.31 Å². The Balaban J connectivity index is 3.02. The van der Waals surface area contributed by atoms with Gasteiger partial charge in [-0.3, -0.25) is 4.31 Å². The Morgan fingerprint density at radius 1 is 1.17 bits per heavy atom. The average molecular weight is 271 g/mol. The van der Waals surface area contributed by atoms with Gasteiger partial charge in [-0.05, 0) is 31.5 Å². The van der Waals surface area contributed by atoms with Crippen molar-refractivity contribution < 1.29 is 8.42 Å². The number of anilines is 1. The van der Waals surface area contributed by atoms with Crippen molar-refractivity contribution in [3.63, 3.8) is 0 Å². The highest BCUT2D eigenvalue weighted by atomic mass is 32.2. The Morgan fingerprint density at radius 3 is 2.06 bits per heavy atom. The van der Waals surface area contributed by atoms with E-state index in [-0.39, 0.29) is 6.04 Å². The third-order valence-electron chi connectivity index (χ3n) is 2.97. The fraction of sp³-hybridized carbons (Fsp3) is 0.500. The van der Waals surface area contributed by atoms with Crippen molar-refractivity contribution in [1.29, 1.82) is 0 Å². The molecule has 0 fully saturated rings. The average Bonchev–Trinajstić information content (AvgIpc) is 2.36. The van der Waals surface area contributed by atoms with Gasteiger partial charge in [0.15, 0.2) is 0 Å². The van der Waals surface area contributed by atoms with Gasteiger partial charge in [-0.1, -0.05) is 12.1 Å². The van der Waals surface area contributed by atoms with Crippen LogP contribution >= 0.6 is 0 Å². The Hall–Kier alpha value is -1.11. The summed E-state index contributed by atoms with van der Waals surface area (Å²) < 4.78 is 27.1. The van der Waals surface area contributed by atoms with Crippen LogP contribution < -0.4 is 10.0 Å². The first kappa shape index (κ1) is 14.9. The summed E-state index contributed by atoms with van der Waals surface area (Å²) in [4.78, 5) is 0. The zero-order chi connectivity index (χ0) is 13.9. The third kappa shape index (κ3) is 3.01. The number of nitrogens with zero attached hydrogens (tertiary/aromatic N) is 2. The van der Waals surface area contributed by atoms with Crippen molar-refractivity contribution >= 4 is 15.9 Å². The van der Waals surface area contributed by atoms with E-state index in [0.29, 0.717) is 12.2 Å². The molecule has 0 heterocycles. The van der Waals surface area contributed by atoms with Gasteiger partial charge in [0.1, 0.15) is 0 Å². The zero-order valence-corrected chi connectivity index (χ0v) is 12.1. The molecule has 0 saturated carbocycles. The monoisotopic (exact) mass is 271 g/mol. The maximum absolute atomic E-state index is 12.3. The second-order valence-corrected chi connectivity index (χ2v) is 6.48. The minimum atomic E-state index is -3.48. The highest BCUT2D eigenvalue weighted by molar-refractivity contribution is 7.90. The van der Waals surface area contributed by atoms with Gasteiger partial charge in [0, 0.05) is 26.7 Å². The predicted octanol–water partition coefficient (Wildman–Crippen LogP) is 1.17. The molecule has 0 aliphatic heterocycles. The minimum absolute atomic E-state index is 0.0826. The number of benzene rings is 1. The van der Waals surface area contributed by atoms with Gasteiger partial charge in [-0.25, -0.2) is 0 Å². The van der Waals surface area contributed by atoms with E-state index in [2.05, 4.69) is 0 Å². The van der Waals surface area contributed by atoms with Crippen LogP contribution in [0.3, 0.4) is 0 Å². The van der Waals surface area contributed by atoms with Crippen molar-refractivity contribution in [3.8, 4) is 0 Å². The summed E-state index contributed by atoms with van der Waals surface area (Å²) in [6.07, 6.45) is 0. The summed E-state index contributed by atoms with van der Waals surface area (Å²) in [6, 6.07) is 7.09. The first-order valence-corrected chi connectivity index (χ1v) is 7.21. The molecule has 0 bridgehead atoms. The molecule has 0 amide bonds. The molecule has 0 radical (unpaired) electrons. The molecule has 0 atom stereocenters. The van der Waals surface area contributed by atoms with Crippen LogP contribution in [-0.2, 0) is 16.8 Å². The van der Waals surface area contributed by atoms with Crippen LogP contribution in [-0.4, -0.2) is 32.9 Å². The van der Waals surface area contributed by atoms with Gasteiger partial charge in [0.2, 0.25) is 0 Å². The van der Waals surface area contributed by atoms with Crippen LogP contribution in [0, 0.1) is 0 Å². The summed E-state index contributed by atoms with van der Waals surface area (Å²) in [7, 11) is -0.354. The van der Waals surface area contributed by atoms with Crippen molar-refractivity contribution in [2.75, 3.05) is 18.4 Å². The van der Waals surface area contributed by atoms with Crippen molar-refractivity contribution in [3.05, 3.63) is 29.8 Å². The van der Waals surface area contributed by atoms with E-state index < -0.39 is 10.2 Å². The lowest BCUT2D eigenvalue weighted by Gasteiger charge is -2.28. The standard InChI is InChI=1S/C12H21N3O2S/c1-10(2)14(3)18(16,17)15(4)12-7-5-11(9-13)6-8-12/h5-8,10H,9,13H2,1-4H3. The molecule has 102 valence electrons. The van der Waals surface area contributed by atoms with Crippen LogP contribution in [0.2, 0.25) is 0 Å². The van der Waals surface area contributed by atoms with E-state index in [9.17, 15) is 8.42 Å². The van der Waals surface area contributed by atoms with Gasteiger partial charge >= 0.3 is 10.2 Å². The van der Waals surface area contributed by atoms with Crippen LogP contribution in [0.25, 0.3) is 0 Å². The van der Waals surface area contributed by atoms with E-state index in [4.69, 9.17) is 5.73 Å². The summed E-state index contributed by atoms with van der Waals surface area (Å²) in [5.74, 6) is 0. The highest BCUT2D eigenvalue weighted by Gasteiger charge is 2.25. The fourth-order valence-corrected chi connectivity index (χ4v) is 2.74. The SMILES string of the molecule is CC(C)N(C)S(=O)(=O)N(C)c1ccc(CN)cc1. The molecule has 6 heteroatoms. The molecule has 1 rings (SSSR count). The lowest BCUT2D eigenvalue weighted by atomic mass is 10.2. The van der Waals surface area contributed by atoms with E-state index >= 15 is 0 Å². The Bertz CT molecular complexity index is 483. The molecule has 18 heavy (non-hydrogen) atoms. The van der Waals surface area contributed by atoms with Crippen LogP contribution in [0.4, 0.5) is 5.69 Å². The quantitative estimate of drug-likeness (QED) is 0.874. The zero-order valence-electron chi connectivity index (χ0n) is 11.3. The topological polar surface area (TPSA) is 66.6 Å². The van der Waals surface area contributed by atoms with Crippen molar-refractivity contribution in [2.24, 2.45) is 5.73 Å². The van der Waals surface area contributed by atoms with E-state index in [0.717, 1.165) is 5.56 Å². The third-order valence-corrected chi connectivity index (χ3v) is 5.03. The molecule has 1 aromatic rings. The number of nitrogens with two attached hydrogens (primary N) is 1. The molecule has 2 N–H and O–H groups in total. The molecule has 1 aromatic carbocycles. The summed E-state index contributed by atoms with van der Waals surface area (Å²) in [5, 5.41) is 0. The first-order valence-electron chi connectivity index (χ1n) is 5.81. The molecule has 0 aliphatic carbocycles. The van der Waals surface area contributed by atoms with E-state index in [1.165, 1.54) is 8.61 Å². The molecular weight excluding hydrogens is 250 g/mol. The van der Waals surface area contributed by atoms with Gasteiger partial charge in [0.05, 0.1) is 5.69 Å². The predicted molar refractivity (Wildman–Crippen MR) is 74.6 cm³/mol. The van der Waals surface area contributed by atoms with Gasteiger partial charge in [-0.15, -0.1) is 0 Å². The Labute approximate surface area is 109 Å². The molecule has 0 unspecified atom stereocenters. The van der Waals surface area contributed by atoms with Crippen LogP contribution in [0.5, 0.6) is 0 Å². The molecule has 0 saturated heterocycles. The molecule has 0 aliphatic rings. The number of hydrogen-bond donors (Lipinski definition) is 1. The van der Waals surface area contributed by atoms with Crippen LogP contribution in [0.15, 0.2) is 24.3 Å². The maximum Gasteiger partial charge on any atom is 0.303 e. The Kier molecular flexibility index (Phi) is 4.72. The molecule has 0 spiro atoms. The number of hydrogen-bond acceptors (Lipinski definition) is 3. The highest BCUT2D eigenvalue weighted by Crippen LogP contribution is 2.19. The smallest absolute Gasteiger partial charge is 0.303 e. The van der Waals surface area contributed by atoms with Crippen molar-refractivity contribution in [2.45, 2.75) is 26.4 Å². The lowest BCUT2D eigenvalue weighted by molar-refractivity contribution is 0.409.